The Hall–Kier alpha value is -1.09. The Labute approximate surface area is 69.6 Å². The molecule has 0 fully saturated rings. The fourth-order valence-corrected chi connectivity index (χ4v) is 1.26. The van der Waals surface area contributed by atoms with Gasteiger partial charge in [-0.05, 0) is 24.4 Å². The number of thiophene rings is 1. The predicted molar refractivity (Wildman–Crippen MR) is 47.8 cm³/mol. The van der Waals surface area contributed by atoms with Gasteiger partial charge in [0.2, 0.25) is 5.91 Å². The van der Waals surface area contributed by atoms with E-state index < -0.39 is 0 Å². The van der Waals surface area contributed by atoms with Gasteiger partial charge in [0.1, 0.15) is 0 Å². The minimum atomic E-state index is -0.0779. The highest BCUT2D eigenvalue weighted by molar-refractivity contribution is 7.08. The van der Waals surface area contributed by atoms with Gasteiger partial charge in [-0.3, -0.25) is 4.79 Å². The number of hydrogen-bond donors (Lipinski definition) is 1. The van der Waals surface area contributed by atoms with E-state index >= 15 is 0 Å². The number of rotatable bonds is 2. The molecule has 0 aliphatic heterocycles. The first kappa shape index (κ1) is 8.01. The van der Waals surface area contributed by atoms with Gasteiger partial charge in [0.15, 0.2) is 0 Å². The van der Waals surface area contributed by atoms with Crippen molar-refractivity contribution in [3.05, 3.63) is 29.0 Å². The van der Waals surface area contributed by atoms with Gasteiger partial charge < -0.3 is 5.32 Å². The predicted octanol–water partition coefficient (Wildman–Crippen LogP) is 2.26. The van der Waals surface area contributed by atoms with Gasteiger partial charge in [-0.25, -0.2) is 0 Å². The highest BCUT2D eigenvalue weighted by Crippen LogP contribution is 2.11. The number of amides is 1. The van der Waals surface area contributed by atoms with Crippen LogP contribution < -0.4 is 5.32 Å². The van der Waals surface area contributed by atoms with Crippen molar-refractivity contribution in [1.29, 1.82) is 0 Å². The summed E-state index contributed by atoms with van der Waals surface area (Å²) in [5, 5.41) is 6.52. The second-order valence-electron chi connectivity index (χ2n) is 2.00. The Morgan fingerprint density at radius 3 is 3.09 bits per heavy atom. The maximum absolute atomic E-state index is 10.9. The Morgan fingerprint density at radius 1 is 1.73 bits per heavy atom. The normalized spacial score (nSPS) is 10.3. The molecule has 0 aromatic carbocycles. The number of carbonyl (C=O) groups is 1. The Bertz CT molecular complexity index is 251. The average Bonchev–Trinajstić information content (AvgIpc) is 2.40. The van der Waals surface area contributed by atoms with E-state index in [1.807, 2.05) is 23.8 Å². The van der Waals surface area contributed by atoms with E-state index in [0.29, 0.717) is 0 Å². The highest BCUT2D eigenvalue weighted by Gasteiger charge is 1.94. The highest BCUT2D eigenvalue weighted by atomic mass is 32.1. The molecule has 0 aliphatic rings. The lowest BCUT2D eigenvalue weighted by Crippen LogP contribution is -2.06. The number of anilines is 1. The second-order valence-corrected chi connectivity index (χ2v) is 2.78. The summed E-state index contributed by atoms with van der Waals surface area (Å²) >= 11 is 1.56. The fraction of sp³-hybridized carbons (Fsp3) is 0.125. The molecule has 58 valence electrons. The van der Waals surface area contributed by atoms with Crippen LogP contribution in [-0.2, 0) is 4.79 Å². The van der Waals surface area contributed by atoms with Gasteiger partial charge in [-0.15, -0.1) is 0 Å². The second kappa shape index (κ2) is 3.93. The van der Waals surface area contributed by atoms with Crippen LogP contribution in [0.15, 0.2) is 29.0 Å². The summed E-state index contributed by atoms with van der Waals surface area (Å²) in [5.41, 5.74) is 0.859. The van der Waals surface area contributed by atoms with Crippen LogP contribution in [0.25, 0.3) is 0 Å². The number of nitrogens with one attached hydrogen (secondary N) is 1. The van der Waals surface area contributed by atoms with E-state index in [1.165, 1.54) is 6.08 Å². The fourth-order valence-electron chi connectivity index (χ4n) is 0.671. The molecule has 0 spiro atoms. The maximum atomic E-state index is 10.9. The van der Waals surface area contributed by atoms with Crippen molar-refractivity contribution in [3.63, 3.8) is 0 Å². The molecule has 0 unspecified atom stereocenters. The summed E-state index contributed by atoms with van der Waals surface area (Å²) in [7, 11) is 0. The molecule has 11 heavy (non-hydrogen) atoms. The molecule has 0 radical (unpaired) electrons. The van der Waals surface area contributed by atoms with Crippen LogP contribution in [-0.4, -0.2) is 5.91 Å². The summed E-state index contributed by atoms with van der Waals surface area (Å²) in [6.07, 6.45) is 3.21. The molecule has 1 aromatic heterocycles. The molecule has 1 rings (SSSR count). The number of allylic oxidation sites excluding steroid dienone is 1. The van der Waals surface area contributed by atoms with E-state index in [9.17, 15) is 4.79 Å². The molecule has 1 N–H and O–H groups in total. The maximum Gasteiger partial charge on any atom is 0.248 e. The number of carbonyl (C=O) groups excluding carboxylic acids is 1. The molecular weight excluding hydrogens is 158 g/mol. The van der Waals surface area contributed by atoms with Gasteiger partial charge in [-0.2, -0.15) is 11.3 Å². The Balaban J connectivity index is 2.50. The minimum Gasteiger partial charge on any atom is -0.322 e. The lowest BCUT2D eigenvalue weighted by Gasteiger charge is -1.94. The first-order valence-electron chi connectivity index (χ1n) is 3.29. The lowest BCUT2D eigenvalue weighted by atomic mass is 10.4. The summed E-state index contributed by atoms with van der Waals surface area (Å²) < 4.78 is 0. The zero-order valence-electron chi connectivity index (χ0n) is 6.20. The van der Waals surface area contributed by atoms with Crippen molar-refractivity contribution in [2.75, 3.05) is 5.32 Å². The van der Waals surface area contributed by atoms with Crippen molar-refractivity contribution < 1.29 is 4.79 Å². The monoisotopic (exact) mass is 167 g/mol. The third-order valence-electron chi connectivity index (χ3n) is 1.11. The molecule has 0 aliphatic carbocycles. The van der Waals surface area contributed by atoms with E-state index in [-0.39, 0.29) is 5.91 Å². The third kappa shape index (κ3) is 2.55. The summed E-state index contributed by atoms with van der Waals surface area (Å²) in [6, 6.07) is 1.87. The van der Waals surface area contributed by atoms with E-state index in [2.05, 4.69) is 5.32 Å². The van der Waals surface area contributed by atoms with Gasteiger partial charge in [0.25, 0.3) is 0 Å². The zero-order valence-corrected chi connectivity index (χ0v) is 7.02. The standard InChI is InChI=1S/C8H9NOS/c1-2-3-8(10)9-7-4-5-11-6-7/h2-6H,1H3,(H,9,10). The summed E-state index contributed by atoms with van der Waals surface area (Å²) in [4.78, 5) is 10.9. The quantitative estimate of drug-likeness (QED) is 0.672. The molecule has 0 saturated heterocycles. The van der Waals surface area contributed by atoms with E-state index in [0.717, 1.165) is 5.69 Å². The topological polar surface area (TPSA) is 29.1 Å². The molecule has 0 saturated carbocycles. The SMILES string of the molecule is CC=CC(=O)Nc1ccsc1. The summed E-state index contributed by atoms with van der Waals surface area (Å²) in [6.45, 7) is 1.81. The molecule has 1 amide bonds. The van der Waals surface area contributed by atoms with Crippen molar-refractivity contribution in [2.24, 2.45) is 0 Å². The largest absolute Gasteiger partial charge is 0.322 e. The lowest BCUT2D eigenvalue weighted by molar-refractivity contribution is -0.111. The first-order valence-corrected chi connectivity index (χ1v) is 4.23. The molecule has 0 atom stereocenters. The van der Waals surface area contributed by atoms with Crippen LogP contribution in [0.2, 0.25) is 0 Å². The minimum absolute atomic E-state index is 0.0779. The van der Waals surface area contributed by atoms with Gasteiger partial charge in [-0.1, -0.05) is 6.08 Å². The van der Waals surface area contributed by atoms with Gasteiger partial charge in [0.05, 0.1) is 5.69 Å². The molecule has 3 heteroatoms. The molecule has 1 heterocycles. The third-order valence-corrected chi connectivity index (χ3v) is 1.79. The zero-order chi connectivity index (χ0) is 8.10. The molecular formula is C8H9NOS. The Morgan fingerprint density at radius 2 is 2.55 bits per heavy atom. The van der Waals surface area contributed by atoms with Crippen molar-refractivity contribution in [2.45, 2.75) is 6.92 Å². The van der Waals surface area contributed by atoms with Crippen LogP contribution in [0.4, 0.5) is 5.69 Å². The van der Waals surface area contributed by atoms with Crippen LogP contribution in [0.5, 0.6) is 0 Å². The molecule has 1 aromatic rings. The smallest absolute Gasteiger partial charge is 0.248 e. The van der Waals surface area contributed by atoms with Crippen molar-refractivity contribution >= 4 is 22.9 Å². The first-order chi connectivity index (χ1) is 5.33. The summed E-state index contributed by atoms with van der Waals surface area (Å²) in [5.74, 6) is -0.0779. The van der Waals surface area contributed by atoms with Crippen LogP contribution in [0.1, 0.15) is 6.92 Å². The average molecular weight is 167 g/mol. The number of hydrogen-bond acceptors (Lipinski definition) is 2. The van der Waals surface area contributed by atoms with Crippen molar-refractivity contribution in [1.82, 2.24) is 0 Å². The van der Waals surface area contributed by atoms with Crippen LogP contribution in [0.3, 0.4) is 0 Å². The Kier molecular flexibility index (Phi) is 2.86. The molecule has 2 nitrogen and oxygen atoms in total. The van der Waals surface area contributed by atoms with E-state index in [1.54, 1.807) is 17.4 Å². The van der Waals surface area contributed by atoms with Crippen molar-refractivity contribution in [3.8, 4) is 0 Å². The van der Waals surface area contributed by atoms with Crippen LogP contribution >= 0.6 is 11.3 Å². The van der Waals surface area contributed by atoms with Gasteiger partial charge in [0, 0.05) is 5.38 Å². The van der Waals surface area contributed by atoms with Crippen LogP contribution in [0, 0.1) is 0 Å². The van der Waals surface area contributed by atoms with Gasteiger partial charge >= 0.3 is 0 Å². The molecule has 0 bridgehead atoms. The van der Waals surface area contributed by atoms with E-state index in [4.69, 9.17) is 0 Å².